The molecule has 0 unspecified atom stereocenters. The molecule has 0 aliphatic heterocycles. The topological polar surface area (TPSA) is 63.1 Å². The second-order valence-corrected chi connectivity index (χ2v) is 4.98. The molecular formula is C12H11BBr2N2NaO2. The molecule has 1 N–H and O–H groups in total. The van der Waals surface area contributed by atoms with Crippen LogP contribution in [-0.2, 0) is 6.61 Å². The number of aromatic nitrogens is 2. The summed E-state index contributed by atoms with van der Waals surface area (Å²) in [7, 11) is 0. The number of carbonyl (C=O) groups is 1. The van der Waals surface area contributed by atoms with E-state index in [9.17, 15) is 4.79 Å². The van der Waals surface area contributed by atoms with Crippen LogP contribution < -0.4 is 29.6 Å². The normalized spacial score (nSPS) is 8.35. The molecule has 3 radical (unpaired) electrons. The maximum Gasteiger partial charge on any atom is 1.00 e. The van der Waals surface area contributed by atoms with E-state index in [0.29, 0.717) is 17.7 Å². The van der Waals surface area contributed by atoms with E-state index < -0.39 is 0 Å². The number of carbonyl (C=O) groups excluding carboxylic acids is 1. The maximum absolute atomic E-state index is 10.0. The molecule has 4 nitrogen and oxygen atoms in total. The van der Waals surface area contributed by atoms with E-state index in [1.54, 1.807) is 30.6 Å². The van der Waals surface area contributed by atoms with Gasteiger partial charge in [0.15, 0.2) is 6.29 Å². The fourth-order valence-corrected chi connectivity index (χ4v) is 1.43. The average molecular weight is 409 g/mol. The van der Waals surface area contributed by atoms with Gasteiger partial charge in [-0.3, -0.25) is 14.8 Å². The number of nitrogens with zero attached hydrogens (tertiary/aromatic N) is 2. The number of aldehydes is 1. The molecule has 0 bridgehead atoms. The molecule has 2 rings (SSSR count). The molecule has 0 saturated heterocycles. The zero-order chi connectivity index (χ0) is 13.4. The molecule has 2 aromatic rings. The Morgan fingerprint density at radius 1 is 1.10 bits per heavy atom. The summed E-state index contributed by atoms with van der Waals surface area (Å²) in [4.78, 5) is 17.7. The number of halogens is 2. The van der Waals surface area contributed by atoms with Crippen molar-refractivity contribution < 1.29 is 40.9 Å². The van der Waals surface area contributed by atoms with Crippen LogP contribution in [0.1, 0.15) is 17.6 Å². The number of hydrogen-bond acceptors (Lipinski definition) is 4. The summed E-state index contributed by atoms with van der Waals surface area (Å²) < 4.78 is 1.81. The Morgan fingerprint density at radius 3 is 2.00 bits per heavy atom. The molecule has 2 aromatic heterocycles. The summed E-state index contributed by atoms with van der Waals surface area (Å²) >= 11 is 6.43. The SMILES string of the molecule is O=Cc1ccc(Br)cn1.OCc1ccc(Br)cn1.[B].[H-].[Na+]. The van der Waals surface area contributed by atoms with Crippen molar-refractivity contribution in [2.45, 2.75) is 6.61 Å². The number of hydrogen-bond donors (Lipinski definition) is 1. The first-order chi connectivity index (χ1) is 8.65. The van der Waals surface area contributed by atoms with E-state index in [1.165, 1.54) is 0 Å². The van der Waals surface area contributed by atoms with Gasteiger partial charge in [-0.15, -0.1) is 0 Å². The number of pyridine rings is 2. The fraction of sp³-hybridized carbons (Fsp3) is 0.0833. The summed E-state index contributed by atoms with van der Waals surface area (Å²) in [6.45, 7) is 0.00722. The predicted octanol–water partition coefficient (Wildman–Crippen LogP) is -0.271. The van der Waals surface area contributed by atoms with Gasteiger partial charge in [-0.25, -0.2) is 0 Å². The van der Waals surface area contributed by atoms with Crippen molar-refractivity contribution in [2.24, 2.45) is 0 Å². The van der Waals surface area contributed by atoms with Gasteiger partial charge in [0.05, 0.1) is 12.3 Å². The molecule has 99 valence electrons. The Morgan fingerprint density at radius 2 is 1.65 bits per heavy atom. The molecular weight excluding hydrogens is 398 g/mol. The zero-order valence-electron chi connectivity index (χ0n) is 11.8. The molecule has 0 saturated carbocycles. The second kappa shape index (κ2) is 12.7. The molecule has 2 heterocycles. The van der Waals surface area contributed by atoms with Gasteiger partial charge in [-0.1, -0.05) is 0 Å². The van der Waals surface area contributed by atoms with Crippen LogP contribution >= 0.6 is 31.9 Å². The Kier molecular flexibility index (Phi) is 14.1. The van der Waals surface area contributed by atoms with Crippen molar-refractivity contribution in [1.29, 1.82) is 0 Å². The van der Waals surface area contributed by atoms with E-state index in [0.717, 1.165) is 8.95 Å². The van der Waals surface area contributed by atoms with E-state index in [1.807, 2.05) is 6.07 Å². The number of aliphatic hydroxyl groups excluding tert-OH is 1. The van der Waals surface area contributed by atoms with Crippen molar-refractivity contribution in [3.8, 4) is 0 Å². The Bertz CT molecular complexity index is 504. The smallest absolute Gasteiger partial charge is 1.00 e. The van der Waals surface area contributed by atoms with Crippen LogP contribution in [0.2, 0.25) is 0 Å². The van der Waals surface area contributed by atoms with Gasteiger partial charge >= 0.3 is 29.6 Å². The van der Waals surface area contributed by atoms with Crippen molar-refractivity contribution in [2.75, 3.05) is 0 Å². The average Bonchev–Trinajstić information content (AvgIpc) is 2.41. The minimum Gasteiger partial charge on any atom is -1.00 e. The first-order valence-electron chi connectivity index (χ1n) is 4.93. The Balaban J connectivity index is -0.000000270. The summed E-state index contributed by atoms with van der Waals surface area (Å²) in [6.07, 6.45) is 3.96. The van der Waals surface area contributed by atoms with Crippen LogP contribution in [0.5, 0.6) is 0 Å². The molecule has 0 aliphatic carbocycles. The third-order valence-electron chi connectivity index (χ3n) is 1.82. The van der Waals surface area contributed by atoms with Crippen molar-refractivity contribution >= 4 is 46.6 Å². The Labute approximate surface area is 160 Å². The van der Waals surface area contributed by atoms with Crippen LogP contribution in [0.15, 0.2) is 45.6 Å². The van der Waals surface area contributed by atoms with Gasteiger partial charge in [0, 0.05) is 29.8 Å². The van der Waals surface area contributed by atoms with Crippen LogP contribution in [0.3, 0.4) is 0 Å². The van der Waals surface area contributed by atoms with E-state index in [2.05, 4.69) is 41.8 Å². The monoisotopic (exact) mass is 407 g/mol. The van der Waals surface area contributed by atoms with Gasteiger partial charge in [0.25, 0.3) is 0 Å². The first-order valence-corrected chi connectivity index (χ1v) is 6.52. The largest absolute Gasteiger partial charge is 1.00 e. The number of aliphatic hydroxyl groups is 1. The maximum atomic E-state index is 10.0. The number of rotatable bonds is 2. The van der Waals surface area contributed by atoms with Crippen LogP contribution in [0.25, 0.3) is 0 Å². The van der Waals surface area contributed by atoms with E-state index >= 15 is 0 Å². The fourth-order valence-electron chi connectivity index (χ4n) is 0.957. The molecule has 0 aromatic carbocycles. The molecule has 0 spiro atoms. The second-order valence-electron chi connectivity index (χ2n) is 3.15. The quantitative estimate of drug-likeness (QED) is 0.549. The van der Waals surface area contributed by atoms with Gasteiger partial charge in [-0.05, 0) is 56.1 Å². The Hall–Kier alpha value is -0.0451. The van der Waals surface area contributed by atoms with Gasteiger partial charge in [0.2, 0.25) is 0 Å². The van der Waals surface area contributed by atoms with Crippen LogP contribution in [-0.4, -0.2) is 29.8 Å². The van der Waals surface area contributed by atoms with E-state index in [-0.39, 0.29) is 46.0 Å². The van der Waals surface area contributed by atoms with Crippen molar-refractivity contribution in [1.82, 2.24) is 9.97 Å². The summed E-state index contributed by atoms with van der Waals surface area (Å²) in [6, 6.07) is 7.04. The van der Waals surface area contributed by atoms with E-state index in [4.69, 9.17) is 5.11 Å². The molecule has 0 atom stereocenters. The zero-order valence-corrected chi connectivity index (χ0v) is 16.0. The third-order valence-corrected chi connectivity index (χ3v) is 2.76. The summed E-state index contributed by atoms with van der Waals surface area (Å²) in [5.41, 5.74) is 1.15. The van der Waals surface area contributed by atoms with Gasteiger partial charge in [0.1, 0.15) is 5.69 Å². The molecule has 0 fully saturated rings. The molecule has 20 heavy (non-hydrogen) atoms. The third kappa shape index (κ3) is 8.99. The van der Waals surface area contributed by atoms with Crippen LogP contribution in [0.4, 0.5) is 0 Å². The van der Waals surface area contributed by atoms with Crippen LogP contribution in [0, 0.1) is 0 Å². The van der Waals surface area contributed by atoms with Gasteiger partial charge in [-0.2, -0.15) is 0 Å². The summed E-state index contributed by atoms with van der Waals surface area (Å²) in [5.74, 6) is 0. The predicted molar refractivity (Wildman–Crippen MR) is 82.1 cm³/mol. The van der Waals surface area contributed by atoms with Crippen molar-refractivity contribution in [3.05, 3.63) is 57.0 Å². The minimum absolute atomic E-state index is 0. The standard InChI is InChI=1S/C6H6BrNO.C6H4BrNO.B.Na.H/c2*7-5-1-2-6(4-9)8-3-5;;;/h1-3,9H,4H2;1-4H;;;/q;;;+1;-1. The van der Waals surface area contributed by atoms with Gasteiger partial charge < -0.3 is 6.53 Å². The molecule has 0 aliphatic rings. The minimum atomic E-state index is 0. The first kappa shape index (κ1) is 22.2. The van der Waals surface area contributed by atoms with Crippen molar-refractivity contribution in [3.63, 3.8) is 0 Å². The molecule has 8 heteroatoms. The molecule has 0 amide bonds. The summed E-state index contributed by atoms with van der Waals surface area (Å²) in [5, 5.41) is 8.55.